The van der Waals surface area contributed by atoms with Crippen molar-refractivity contribution in [2.24, 2.45) is 7.05 Å². The Morgan fingerprint density at radius 3 is 2.52 bits per heavy atom. The van der Waals surface area contributed by atoms with Crippen LogP contribution in [0.5, 0.6) is 0 Å². The molecule has 0 radical (unpaired) electrons. The monoisotopic (exact) mass is 435 g/mol. The van der Waals surface area contributed by atoms with Gasteiger partial charge in [0.25, 0.3) is 5.56 Å². The number of fused-ring (bicyclic) bond motifs is 3. The van der Waals surface area contributed by atoms with Gasteiger partial charge in [-0.2, -0.15) is 4.98 Å². The van der Waals surface area contributed by atoms with Crippen LogP contribution in [-0.4, -0.2) is 25.2 Å². The predicted octanol–water partition coefficient (Wildman–Crippen LogP) is 3.45. The second kappa shape index (κ2) is 7.42. The standard InChI is InChI=1S/C23H22ClN5O2/c1-15-8-10-17(11-9-15)27-12-5-13-28-19-20(25-22(27)28)26(2)23(31)29(21(19)30)14-16-6-3-4-7-18(16)24/h3-4,6-11H,5,12-14H2,1-2H3. The van der Waals surface area contributed by atoms with Crippen LogP contribution in [0.3, 0.4) is 0 Å². The van der Waals surface area contributed by atoms with Crippen LogP contribution in [0.2, 0.25) is 5.02 Å². The lowest BCUT2D eigenvalue weighted by molar-refractivity contribution is 0.597. The van der Waals surface area contributed by atoms with E-state index in [0.717, 1.165) is 24.2 Å². The molecule has 0 amide bonds. The molecule has 0 unspecified atom stereocenters. The summed E-state index contributed by atoms with van der Waals surface area (Å²) >= 11 is 6.28. The van der Waals surface area contributed by atoms with E-state index in [9.17, 15) is 9.59 Å². The van der Waals surface area contributed by atoms with E-state index in [-0.39, 0.29) is 12.1 Å². The molecule has 0 atom stereocenters. The molecule has 1 aliphatic rings. The van der Waals surface area contributed by atoms with Crippen LogP contribution in [0, 0.1) is 6.92 Å². The van der Waals surface area contributed by atoms with E-state index in [1.807, 2.05) is 29.7 Å². The summed E-state index contributed by atoms with van der Waals surface area (Å²) in [6.45, 7) is 3.64. The van der Waals surface area contributed by atoms with E-state index in [1.165, 1.54) is 14.7 Å². The number of hydrogen-bond donors (Lipinski definition) is 0. The second-order valence-electron chi connectivity index (χ2n) is 7.90. The summed E-state index contributed by atoms with van der Waals surface area (Å²) in [6, 6.07) is 15.5. The number of rotatable bonds is 3. The van der Waals surface area contributed by atoms with E-state index in [4.69, 9.17) is 16.6 Å². The zero-order chi connectivity index (χ0) is 21.7. The Morgan fingerprint density at radius 2 is 1.77 bits per heavy atom. The van der Waals surface area contributed by atoms with Gasteiger partial charge in [-0.05, 0) is 37.1 Å². The Balaban J connectivity index is 1.71. The smallest absolute Gasteiger partial charge is 0.312 e. The molecule has 2 aromatic heterocycles. The molecular weight excluding hydrogens is 414 g/mol. The Hall–Kier alpha value is -3.32. The fourth-order valence-electron chi connectivity index (χ4n) is 4.17. The molecule has 8 heteroatoms. The van der Waals surface area contributed by atoms with Crippen molar-refractivity contribution in [1.29, 1.82) is 0 Å². The molecule has 0 N–H and O–H groups in total. The first-order valence-electron chi connectivity index (χ1n) is 10.2. The maximum absolute atomic E-state index is 13.5. The summed E-state index contributed by atoms with van der Waals surface area (Å²) < 4.78 is 4.62. The molecule has 5 rings (SSSR count). The molecular formula is C23H22ClN5O2. The van der Waals surface area contributed by atoms with Crippen LogP contribution in [0.15, 0.2) is 58.1 Å². The van der Waals surface area contributed by atoms with Gasteiger partial charge in [0.1, 0.15) is 0 Å². The van der Waals surface area contributed by atoms with E-state index in [0.29, 0.717) is 28.7 Å². The number of hydrogen-bond acceptors (Lipinski definition) is 4. The highest BCUT2D eigenvalue weighted by Crippen LogP contribution is 2.31. The van der Waals surface area contributed by atoms with E-state index >= 15 is 0 Å². The summed E-state index contributed by atoms with van der Waals surface area (Å²) in [5.41, 5.74) is 3.02. The molecule has 158 valence electrons. The zero-order valence-corrected chi connectivity index (χ0v) is 18.1. The largest absolute Gasteiger partial charge is 0.332 e. The number of benzene rings is 2. The summed E-state index contributed by atoms with van der Waals surface area (Å²) in [7, 11) is 1.66. The van der Waals surface area contributed by atoms with Gasteiger partial charge in [0.2, 0.25) is 5.95 Å². The van der Waals surface area contributed by atoms with Crippen molar-refractivity contribution in [3.8, 4) is 0 Å². The average molecular weight is 436 g/mol. The Morgan fingerprint density at radius 1 is 1.03 bits per heavy atom. The summed E-state index contributed by atoms with van der Waals surface area (Å²) in [6.07, 6.45) is 0.874. The van der Waals surface area contributed by atoms with E-state index in [1.54, 1.807) is 13.1 Å². The van der Waals surface area contributed by atoms with Gasteiger partial charge in [-0.3, -0.25) is 13.9 Å². The Labute approximate surface area is 183 Å². The zero-order valence-electron chi connectivity index (χ0n) is 17.4. The van der Waals surface area contributed by atoms with Gasteiger partial charge in [0.15, 0.2) is 11.2 Å². The van der Waals surface area contributed by atoms with E-state index < -0.39 is 5.69 Å². The number of anilines is 2. The second-order valence-corrected chi connectivity index (χ2v) is 8.31. The lowest BCUT2D eigenvalue weighted by atomic mass is 10.2. The summed E-state index contributed by atoms with van der Waals surface area (Å²) in [5.74, 6) is 0.688. The molecule has 0 fully saturated rings. The summed E-state index contributed by atoms with van der Waals surface area (Å²) in [4.78, 5) is 33.3. The molecule has 0 bridgehead atoms. The maximum atomic E-state index is 13.5. The third kappa shape index (κ3) is 3.16. The van der Waals surface area contributed by atoms with Gasteiger partial charge in [-0.25, -0.2) is 4.79 Å². The van der Waals surface area contributed by atoms with E-state index in [2.05, 4.69) is 29.2 Å². The lowest BCUT2D eigenvalue weighted by Crippen LogP contribution is -2.40. The minimum atomic E-state index is -0.408. The molecule has 4 aromatic rings. The van der Waals surface area contributed by atoms with Crippen molar-refractivity contribution in [2.75, 3.05) is 11.4 Å². The number of imidazole rings is 1. The van der Waals surface area contributed by atoms with Gasteiger partial charge < -0.3 is 9.47 Å². The van der Waals surface area contributed by atoms with Crippen molar-refractivity contribution in [1.82, 2.24) is 18.7 Å². The molecule has 0 aliphatic carbocycles. The topological polar surface area (TPSA) is 65.1 Å². The predicted molar refractivity (Wildman–Crippen MR) is 123 cm³/mol. The fraction of sp³-hybridized carbons (Fsp3) is 0.261. The Kier molecular flexibility index (Phi) is 4.70. The van der Waals surface area contributed by atoms with Crippen LogP contribution in [0.4, 0.5) is 11.6 Å². The highest BCUT2D eigenvalue weighted by Gasteiger charge is 2.27. The number of aryl methyl sites for hydroxylation is 3. The average Bonchev–Trinajstić information content (AvgIpc) is 3.17. The molecule has 2 aromatic carbocycles. The SMILES string of the molecule is Cc1ccc(N2CCCn3c2nc2c3c(=O)n(Cc3ccccc3Cl)c(=O)n2C)cc1. The van der Waals surface area contributed by atoms with Crippen LogP contribution in [0.25, 0.3) is 11.2 Å². The summed E-state index contributed by atoms with van der Waals surface area (Å²) in [5, 5.41) is 0.525. The minimum absolute atomic E-state index is 0.114. The molecule has 0 spiro atoms. The minimum Gasteiger partial charge on any atom is -0.312 e. The van der Waals surface area contributed by atoms with Crippen molar-refractivity contribution in [2.45, 2.75) is 26.4 Å². The molecule has 3 heterocycles. The molecule has 31 heavy (non-hydrogen) atoms. The molecule has 0 saturated carbocycles. The van der Waals surface area contributed by atoms with Gasteiger partial charge in [0, 0.05) is 30.8 Å². The van der Waals surface area contributed by atoms with Crippen LogP contribution in [-0.2, 0) is 20.1 Å². The van der Waals surface area contributed by atoms with Gasteiger partial charge in [-0.15, -0.1) is 0 Å². The van der Waals surface area contributed by atoms with Crippen molar-refractivity contribution in [3.63, 3.8) is 0 Å². The van der Waals surface area contributed by atoms with Gasteiger partial charge in [0.05, 0.1) is 6.54 Å². The quantitative estimate of drug-likeness (QED) is 0.494. The maximum Gasteiger partial charge on any atom is 0.332 e. The van der Waals surface area contributed by atoms with Crippen LogP contribution < -0.4 is 16.1 Å². The highest BCUT2D eigenvalue weighted by atomic mass is 35.5. The van der Waals surface area contributed by atoms with Gasteiger partial charge >= 0.3 is 5.69 Å². The normalized spacial score (nSPS) is 13.6. The molecule has 7 nitrogen and oxygen atoms in total. The lowest BCUT2D eigenvalue weighted by Gasteiger charge is -2.29. The first-order chi connectivity index (χ1) is 15.0. The molecule has 1 aliphatic heterocycles. The van der Waals surface area contributed by atoms with Crippen molar-refractivity contribution < 1.29 is 0 Å². The first kappa shape index (κ1) is 19.6. The molecule has 0 saturated heterocycles. The number of halogens is 1. The number of nitrogens with zero attached hydrogens (tertiary/aromatic N) is 5. The van der Waals surface area contributed by atoms with Crippen LogP contribution >= 0.6 is 11.6 Å². The van der Waals surface area contributed by atoms with Crippen molar-refractivity contribution in [3.05, 3.63) is 85.5 Å². The third-order valence-corrected chi connectivity index (χ3v) is 6.22. The van der Waals surface area contributed by atoms with Gasteiger partial charge in [-0.1, -0.05) is 47.5 Å². The Bertz CT molecular complexity index is 1420. The highest BCUT2D eigenvalue weighted by molar-refractivity contribution is 6.31. The van der Waals surface area contributed by atoms with Crippen LogP contribution in [0.1, 0.15) is 17.5 Å². The number of aromatic nitrogens is 4. The van der Waals surface area contributed by atoms with Crippen molar-refractivity contribution >= 4 is 34.4 Å². The fourth-order valence-corrected chi connectivity index (χ4v) is 4.37. The first-order valence-corrected chi connectivity index (χ1v) is 10.6. The third-order valence-electron chi connectivity index (χ3n) is 5.85.